The van der Waals surface area contributed by atoms with E-state index in [0.29, 0.717) is 18.8 Å². The first-order chi connectivity index (χ1) is 9.49. The van der Waals surface area contributed by atoms with E-state index in [1.54, 1.807) is 13.3 Å². The molecule has 0 bridgehead atoms. The van der Waals surface area contributed by atoms with Crippen LogP contribution in [0.4, 0.5) is 5.69 Å². The lowest BCUT2D eigenvalue weighted by atomic mass is 10.2. The van der Waals surface area contributed by atoms with E-state index in [0.717, 1.165) is 13.0 Å². The van der Waals surface area contributed by atoms with Crippen LogP contribution in [0.3, 0.4) is 0 Å². The molecule has 0 aliphatic rings. The summed E-state index contributed by atoms with van der Waals surface area (Å²) in [4.78, 5) is 14.1. The van der Waals surface area contributed by atoms with Crippen molar-refractivity contribution >= 4 is 17.3 Å². The van der Waals surface area contributed by atoms with E-state index < -0.39 is 0 Å². The Kier molecular flexibility index (Phi) is 6.98. The van der Waals surface area contributed by atoms with Crippen LogP contribution in [-0.2, 0) is 11.3 Å². The van der Waals surface area contributed by atoms with E-state index in [2.05, 4.69) is 10.4 Å². The number of nitrogens with one attached hydrogen (secondary N) is 1. The molecule has 0 amide bonds. The molecule has 1 atom stereocenters. The maximum atomic E-state index is 12.1. The normalized spacial score (nSPS) is 12.7. The summed E-state index contributed by atoms with van der Waals surface area (Å²) >= 11 is 6.12. The van der Waals surface area contributed by atoms with Gasteiger partial charge in [0.15, 0.2) is 0 Å². The van der Waals surface area contributed by atoms with Gasteiger partial charge in [-0.1, -0.05) is 18.5 Å². The first kappa shape index (κ1) is 16.9. The van der Waals surface area contributed by atoms with Gasteiger partial charge in [0.2, 0.25) is 0 Å². The van der Waals surface area contributed by atoms with E-state index in [1.807, 2.05) is 25.9 Å². The fourth-order valence-electron chi connectivity index (χ4n) is 1.70. The molecule has 1 N–H and O–H groups in total. The van der Waals surface area contributed by atoms with Crippen molar-refractivity contribution in [1.29, 1.82) is 0 Å². The summed E-state index contributed by atoms with van der Waals surface area (Å²) in [5.41, 5.74) is 0.285. The largest absolute Gasteiger partial charge is 0.383 e. The van der Waals surface area contributed by atoms with Gasteiger partial charge in [0, 0.05) is 19.7 Å². The molecule has 1 rings (SSSR count). The number of rotatable bonds is 8. The Bertz CT molecular complexity index is 476. The minimum atomic E-state index is -0.272. The molecule has 114 valence electrons. The van der Waals surface area contributed by atoms with Crippen LogP contribution in [0.5, 0.6) is 0 Å². The van der Waals surface area contributed by atoms with Crippen molar-refractivity contribution in [3.05, 3.63) is 21.6 Å². The molecule has 0 spiro atoms. The molecule has 6 nitrogen and oxygen atoms in total. The molecule has 1 aromatic rings. The van der Waals surface area contributed by atoms with Crippen molar-refractivity contribution in [3.8, 4) is 0 Å². The summed E-state index contributed by atoms with van der Waals surface area (Å²) in [7, 11) is 5.53. The number of methoxy groups -OCH3 is 1. The number of ether oxygens (including phenoxy) is 1. The molecule has 7 heteroatoms. The van der Waals surface area contributed by atoms with Crippen LogP contribution >= 0.6 is 11.6 Å². The summed E-state index contributed by atoms with van der Waals surface area (Å²) < 4.78 is 6.49. The average Bonchev–Trinajstić information content (AvgIpc) is 2.42. The van der Waals surface area contributed by atoms with Crippen molar-refractivity contribution in [3.63, 3.8) is 0 Å². The molecule has 20 heavy (non-hydrogen) atoms. The van der Waals surface area contributed by atoms with Gasteiger partial charge in [-0.25, -0.2) is 4.68 Å². The maximum absolute atomic E-state index is 12.1. The highest BCUT2D eigenvalue weighted by molar-refractivity contribution is 6.32. The number of nitrogens with zero attached hydrogens (tertiary/aromatic N) is 3. The quantitative estimate of drug-likeness (QED) is 0.784. The minimum absolute atomic E-state index is 0.108. The van der Waals surface area contributed by atoms with Crippen molar-refractivity contribution in [1.82, 2.24) is 14.7 Å². The second-order valence-corrected chi connectivity index (χ2v) is 5.29. The summed E-state index contributed by atoms with van der Waals surface area (Å²) in [6.45, 7) is 3.84. The molecule has 1 aromatic heterocycles. The molecular formula is C13H23ClN4O2. The standard InChI is InChI=1S/C13H23ClN4O2/c1-5-10(9-20-4)16-11-8-15-18(7-6-17(2)3)13(19)12(11)14/h8,10,16H,5-7,9H2,1-4H3. The zero-order valence-electron chi connectivity index (χ0n) is 12.5. The zero-order valence-corrected chi connectivity index (χ0v) is 13.3. The Labute approximate surface area is 124 Å². The summed E-state index contributed by atoms with van der Waals surface area (Å²) in [6.07, 6.45) is 2.46. The SMILES string of the molecule is CCC(COC)Nc1cnn(CCN(C)C)c(=O)c1Cl. The van der Waals surface area contributed by atoms with Gasteiger partial charge in [-0.15, -0.1) is 0 Å². The van der Waals surface area contributed by atoms with Crippen molar-refractivity contribution in [2.24, 2.45) is 0 Å². The van der Waals surface area contributed by atoms with Crippen molar-refractivity contribution < 1.29 is 4.74 Å². The molecule has 0 aliphatic carbocycles. The van der Waals surface area contributed by atoms with E-state index in [-0.39, 0.29) is 16.6 Å². The van der Waals surface area contributed by atoms with E-state index in [1.165, 1.54) is 4.68 Å². The highest BCUT2D eigenvalue weighted by Gasteiger charge is 2.13. The van der Waals surface area contributed by atoms with Gasteiger partial charge in [0.1, 0.15) is 5.02 Å². The fraction of sp³-hybridized carbons (Fsp3) is 0.692. The Morgan fingerprint density at radius 1 is 1.55 bits per heavy atom. The monoisotopic (exact) mass is 302 g/mol. The summed E-state index contributed by atoms with van der Waals surface area (Å²) in [6, 6.07) is 0.108. The molecule has 1 unspecified atom stereocenters. The molecule has 0 saturated heterocycles. The second kappa shape index (κ2) is 8.24. The predicted molar refractivity (Wildman–Crippen MR) is 81.6 cm³/mol. The highest BCUT2D eigenvalue weighted by Crippen LogP contribution is 2.17. The number of anilines is 1. The average molecular weight is 303 g/mol. The lowest BCUT2D eigenvalue weighted by Gasteiger charge is -2.18. The Balaban J connectivity index is 2.85. The lowest BCUT2D eigenvalue weighted by Crippen LogP contribution is -2.31. The lowest BCUT2D eigenvalue weighted by molar-refractivity contribution is 0.184. The van der Waals surface area contributed by atoms with E-state index in [9.17, 15) is 4.79 Å². The minimum Gasteiger partial charge on any atom is -0.383 e. The van der Waals surface area contributed by atoms with Crippen molar-refractivity contribution in [2.75, 3.05) is 39.7 Å². The third-order valence-corrected chi connectivity index (χ3v) is 3.33. The summed E-state index contributed by atoms with van der Waals surface area (Å²) in [5, 5.41) is 7.51. The van der Waals surface area contributed by atoms with Crippen molar-refractivity contribution in [2.45, 2.75) is 25.9 Å². The van der Waals surface area contributed by atoms with Crippen LogP contribution < -0.4 is 10.9 Å². The first-order valence-electron chi connectivity index (χ1n) is 6.65. The van der Waals surface area contributed by atoms with Gasteiger partial charge >= 0.3 is 0 Å². The predicted octanol–water partition coefficient (Wildman–Crippen LogP) is 1.30. The van der Waals surface area contributed by atoms with Gasteiger partial charge in [-0.3, -0.25) is 4.79 Å². The third-order valence-electron chi connectivity index (χ3n) is 2.96. The van der Waals surface area contributed by atoms with Gasteiger partial charge in [0.25, 0.3) is 5.56 Å². The molecule has 0 aromatic carbocycles. The number of aromatic nitrogens is 2. The van der Waals surface area contributed by atoms with Crippen LogP contribution in [0.2, 0.25) is 5.02 Å². The maximum Gasteiger partial charge on any atom is 0.287 e. The molecule has 0 fully saturated rings. The number of halogens is 1. The molecule has 1 heterocycles. The van der Waals surface area contributed by atoms with Gasteiger partial charge in [0.05, 0.1) is 25.0 Å². The number of hydrogen-bond donors (Lipinski definition) is 1. The Morgan fingerprint density at radius 3 is 2.80 bits per heavy atom. The zero-order chi connectivity index (χ0) is 15.1. The van der Waals surface area contributed by atoms with Crippen LogP contribution in [0.1, 0.15) is 13.3 Å². The van der Waals surface area contributed by atoms with E-state index >= 15 is 0 Å². The molecule has 0 radical (unpaired) electrons. The highest BCUT2D eigenvalue weighted by atomic mass is 35.5. The first-order valence-corrected chi connectivity index (χ1v) is 7.03. The molecule has 0 aliphatic heterocycles. The third kappa shape index (κ3) is 4.77. The van der Waals surface area contributed by atoms with Crippen LogP contribution in [0.25, 0.3) is 0 Å². The number of hydrogen-bond acceptors (Lipinski definition) is 5. The topological polar surface area (TPSA) is 59.4 Å². The van der Waals surface area contributed by atoms with E-state index in [4.69, 9.17) is 16.3 Å². The Hall–Kier alpha value is -1.11. The van der Waals surface area contributed by atoms with Gasteiger partial charge in [-0.05, 0) is 20.5 Å². The Morgan fingerprint density at radius 2 is 2.25 bits per heavy atom. The van der Waals surface area contributed by atoms with Gasteiger partial charge in [-0.2, -0.15) is 5.10 Å². The van der Waals surface area contributed by atoms with Crippen LogP contribution in [-0.4, -0.2) is 55.1 Å². The number of likely N-dealkylation sites (N-methyl/N-ethyl adjacent to an activating group) is 1. The fourth-order valence-corrected chi connectivity index (χ4v) is 1.90. The van der Waals surface area contributed by atoms with Crippen LogP contribution in [0.15, 0.2) is 11.0 Å². The summed E-state index contributed by atoms with van der Waals surface area (Å²) in [5.74, 6) is 0. The molecular weight excluding hydrogens is 280 g/mol. The second-order valence-electron chi connectivity index (χ2n) is 4.91. The molecule has 0 saturated carbocycles. The van der Waals surface area contributed by atoms with Crippen LogP contribution in [0, 0.1) is 0 Å². The van der Waals surface area contributed by atoms with Gasteiger partial charge < -0.3 is 15.0 Å². The smallest absolute Gasteiger partial charge is 0.287 e.